The van der Waals surface area contributed by atoms with Crippen LogP contribution in [0.5, 0.6) is 0 Å². The van der Waals surface area contributed by atoms with E-state index in [0.717, 1.165) is 4.90 Å². The fourth-order valence-corrected chi connectivity index (χ4v) is 1.61. The van der Waals surface area contributed by atoms with Gasteiger partial charge in [0.05, 0.1) is 6.54 Å². The summed E-state index contributed by atoms with van der Waals surface area (Å²) >= 11 is 0. The van der Waals surface area contributed by atoms with Crippen molar-refractivity contribution in [3.05, 3.63) is 0 Å². The van der Waals surface area contributed by atoms with Gasteiger partial charge in [0.25, 0.3) is 0 Å². The number of amides is 2. The summed E-state index contributed by atoms with van der Waals surface area (Å²) in [5, 5.41) is 11.1. The summed E-state index contributed by atoms with van der Waals surface area (Å²) in [7, 11) is -0.895. The number of aliphatic carboxylic acids is 1. The third-order valence-electron chi connectivity index (χ3n) is 1.78. The maximum atomic E-state index is 11.5. The lowest BCUT2D eigenvalue weighted by Gasteiger charge is -2.18. The fourth-order valence-electron chi connectivity index (χ4n) is 1.06. The molecule has 0 saturated heterocycles. The van der Waals surface area contributed by atoms with Crippen LogP contribution in [0.15, 0.2) is 0 Å². The van der Waals surface area contributed by atoms with Gasteiger partial charge in [-0.25, -0.2) is 4.79 Å². The van der Waals surface area contributed by atoms with Gasteiger partial charge in [0.1, 0.15) is 6.54 Å². The molecule has 2 amide bonds. The summed E-state index contributed by atoms with van der Waals surface area (Å²) in [6.45, 7) is -0.146. The van der Waals surface area contributed by atoms with Crippen molar-refractivity contribution in [2.45, 2.75) is 6.42 Å². The van der Waals surface area contributed by atoms with Crippen LogP contribution >= 0.6 is 0 Å². The molecule has 96 valence electrons. The molecule has 0 aliphatic heterocycles. The second kappa shape index (κ2) is 8.58. The Morgan fingerprint density at radius 1 is 1.53 bits per heavy atom. The fraction of sp³-hybridized carbons (Fsp3) is 0.600. The van der Waals surface area contributed by atoms with Gasteiger partial charge in [0.2, 0.25) is 0 Å². The van der Waals surface area contributed by atoms with Crippen molar-refractivity contribution >= 4 is 22.8 Å². The molecule has 0 radical (unpaired) electrons. The third-order valence-corrected chi connectivity index (χ3v) is 2.64. The first kappa shape index (κ1) is 15.5. The van der Waals surface area contributed by atoms with Crippen molar-refractivity contribution in [2.24, 2.45) is 0 Å². The van der Waals surface area contributed by atoms with E-state index in [4.69, 9.17) is 11.5 Å². The van der Waals surface area contributed by atoms with E-state index in [9.17, 15) is 13.8 Å². The van der Waals surface area contributed by atoms with Crippen molar-refractivity contribution in [3.63, 3.8) is 0 Å². The van der Waals surface area contributed by atoms with Gasteiger partial charge in [-0.2, -0.15) is 0 Å². The van der Waals surface area contributed by atoms with E-state index in [1.807, 2.05) is 0 Å². The van der Waals surface area contributed by atoms with Crippen LogP contribution in [0, 0.1) is 12.3 Å². The smallest absolute Gasteiger partial charge is 0.323 e. The van der Waals surface area contributed by atoms with Crippen LogP contribution in [-0.4, -0.2) is 57.9 Å². The summed E-state index contributed by atoms with van der Waals surface area (Å²) in [6, 6.07) is -0.521. The summed E-state index contributed by atoms with van der Waals surface area (Å²) < 4.78 is 10.8. The van der Waals surface area contributed by atoms with Gasteiger partial charge in [-0.05, 0) is 6.42 Å². The third kappa shape index (κ3) is 8.28. The second-order valence-corrected chi connectivity index (χ2v) is 4.87. The van der Waals surface area contributed by atoms with Gasteiger partial charge in [-0.15, -0.1) is 6.42 Å². The Morgan fingerprint density at radius 3 is 2.65 bits per heavy atom. The van der Waals surface area contributed by atoms with Gasteiger partial charge in [-0.1, -0.05) is 5.92 Å². The highest BCUT2D eigenvalue weighted by Crippen LogP contribution is 1.90. The van der Waals surface area contributed by atoms with E-state index in [1.54, 1.807) is 6.26 Å². The minimum atomic E-state index is -1.12. The van der Waals surface area contributed by atoms with Crippen LogP contribution in [0.2, 0.25) is 0 Å². The summed E-state index contributed by atoms with van der Waals surface area (Å²) in [5.41, 5.74) is 0. The number of carbonyl (C=O) groups excluding carboxylic acids is 1. The number of nitrogens with zero attached hydrogens (tertiary/aromatic N) is 1. The number of hydrogen-bond donors (Lipinski definition) is 2. The molecule has 0 spiro atoms. The maximum absolute atomic E-state index is 11.5. The first-order valence-corrected chi connectivity index (χ1v) is 6.68. The molecule has 0 saturated carbocycles. The van der Waals surface area contributed by atoms with E-state index >= 15 is 0 Å². The van der Waals surface area contributed by atoms with Gasteiger partial charge < -0.3 is 15.3 Å². The molecule has 17 heavy (non-hydrogen) atoms. The number of carbonyl (C=O) groups is 2. The molecule has 0 aromatic rings. The molecule has 0 bridgehead atoms. The van der Waals surface area contributed by atoms with Crippen molar-refractivity contribution < 1.29 is 18.9 Å². The Bertz CT molecular complexity index is 338. The average Bonchev–Trinajstić information content (AvgIpc) is 2.22. The Labute approximate surface area is 103 Å². The Hall–Kier alpha value is -1.55. The molecule has 0 rings (SSSR count). The monoisotopic (exact) mass is 260 g/mol. The normalized spacial score (nSPS) is 11.3. The molecular formula is C10H16N2O4S. The van der Waals surface area contributed by atoms with E-state index in [1.165, 1.54) is 0 Å². The predicted octanol–water partition coefficient (Wildman–Crippen LogP) is -0.516. The van der Waals surface area contributed by atoms with Crippen LogP contribution in [-0.2, 0) is 15.6 Å². The molecule has 0 fully saturated rings. The number of carboxylic acid groups (broad SMARTS) is 1. The number of nitrogens with one attached hydrogen (secondary N) is 1. The molecule has 0 heterocycles. The largest absolute Gasteiger partial charge is 0.480 e. The van der Waals surface area contributed by atoms with Gasteiger partial charge in [0, 0.05) is 29.4 Å². The van der Waals surface area contributed by atoms with Crippen molar-refractivity contribution in [1.29, 1.82) is 0 Å². The highest BCUT2D eigenvalue weighted by Gasteiger charge is 2.14. The zero-order chi connectivity index (χ0) is 13.3. The minimum Gasteiger partial charge on any atom is -0.480 e. The van der Waals surface area contributed by atoms with E-state index in [-0.39, 0.29) is 6.54 Å². The van der Waals surface area contributed by atoms with Gasteiger partial charge in [0.15, 0.2) is 0 Å². The summed E-state index contributed by atoms with van der Waals surface area (Å²) in [5.74, 6) is 1.59. The molecule has 0 aromatic heterocycles. The van der Waals surface area contributed by atoms with Gasteiger partial charge in [-0.3, -0.25) is 9.00 Å². The lowest BCUT2D eigenvalue weighted by atomic mass is 10.4. The molecule has 1 unspecified atom stereocenters. The Balaban J connectivity index is 4.02. The zero-order valence-electron chi connectivity index (χ0n) is 9.64. The van der Waals surface area contributed by atoms with E-state index in [2.05, 4.69) is 11.2 Å². The first-order chi connectivity index (χ1) is 7.97. The van der Waals surface area contributed by atoms with Crippen LogP contribution in [0.1, 0.15) is 6.42 Å². The molecule has 7 heteroatoms. The van der Waals surface area contributed by atoms with Crippen molar-refractivity contribution in [1.82, 2.24) is 10.2 Å². The van der Waals surface area contributed by atoms with E-state index < -0.39 is 29.3 Å². The molecule has 0 aliphatic carbocycles. The molecule has 0 aliphatic rings. The SMILES string of the molecule is C#CCN(CC(=O)O)C(=O)NCCCS(C)=O. The van der Waals surface area contributed by atoms with Crippen LogP contribution in [0.4, 0.5) is 4.79 Å². The maximum Gasteiger partial charge on any atom is 0.323 e. The number of carboxylic acids is 1. The van der Waals surface area contributed by atoms with Crippen LogP contribution in [0.3, 0.4) is 0 Å². The number of hydrogen-bond acceptors (Lipinski definition) is 3. The average molecular weight is 260 g/mol. The van der Waals surface area contributed by atoms with Crippen LogP contribution in [0.25, 0.3) is 0 Å². The molecule has 0 aromatic carbocycles. The first-order valence-electron chi connectivity index (χ1n) is 4.95. The number of urea groups is 1. The predicted molar refractivity (Wildman–Crippen MR) is 65.0 cm³/mol. The van der Waals surface area contributed by atoms with Crippen molar-refractivity contribution in [3.8, 4) is 12.3 Å². The number of terminal acetylenes is 1. The quantitative estimate of drug-likeness (QED) is 0.476. The molecule has 1 atom stereocenters. The zero-order valence-corrected chi connectivity index (χ0v) is 10.5. The molecule has 2 N–H and O–H groups in total. The Kier molecular flexibility index (Phi) is 7.80. The summed E-state index contributed by atoms with van der Waals surface area (Å²) in [6.07, 6.45) is 7.19. The standard InChI is InChI=1S/C10H16N2O4S/c1-3-6-12(8-9(13)14)10(15)11-5-4-7-17(2)16/h1H,4-8H2,2H3,(H,11,15)(H,13,14). The minimum absolute atomic E-state index is 0.0577. The topological polar surface area (TPSA) is 86.7 Å². The highest BCUT2D eigenvalue weighted by atomic mass is 32.2. The molecule has 6 nitrogen and oxygen atoms in total. The van der Waals surface area contributed by atoms with Crippen LogP contribution < -0.4 is 5.32 Å². The lowest BCUT2D eigenvalue weighted by molar-refractivity contribution is -0.137. The second-order valence-electron chi connectivity index (χ2n) is 3.32. The van der Waals surface area contributed by atoms with Crippen molar-refractivity contribution in [2.75, 3.05) is 31.6 Å². The Morgan fingerprint density at radius 2 is 2.18 bits per heavy atom. The molecular weight excluding hydrogens is 244 g/mol. The lowest BCUT2D eigenvalue weighted by Crippen LogP contribution is -2.43. The summed E-state index contributed by atoms with van der Waals surface area (Å²) in [4.78, 5) is 23.0. The highest BCUT2D eigenvalue weighted by molar-refractivity contribution is 7.84. The van der Waals surface area contributed by atoms with Gasteiger partial charge >= 0.3 is 12.0 Å². The van der Waals surface area contributed by atoms with E-state index in [0.29, 0.717) is 18.7 Å². The number of rotatable bonds is 7.